The Bertz CT molecular complexity index is 1170. The van der Waals surface area contributed by atoms with Crippen molar-refractivity contribution in [2.24, 2.45) is 5.92 Å². The summed E-state index contributed by atoms with van der Waals surface area (Å²) >= 11 is 12.4. The van der Waals surface area contributed by atoms with Crippen LogP contribution in [-0.2, 0) is 22.6 Å². The largest absolute Gasteiger partial charge is 0.484 e. The molecule has 1 unspecified atom stereocenters. The maximum Gasteiger partial charge on any atom is 0.261 e. The van der Waals surface area contributed by atoms with E-state index in [0.717, 1.165) is 16.7 Å². The average molecular weight is 527 g/mol. The predicted molar refractivity (Wildman–Crippen MR) is 145 cm³/mol. The van der Waals surface area contributed by atoms with Crippen molar-refractivity contribution in [3.8, 4) is 5.75 Å². The van der Waals surface area contributed by atoms with Crippen LogP contribution in [0.1, 0.15) is 30.5 Å². The van der Waals surface area contributed by atoms with Gasteiger partial charge in [0.1, 0.15) is 11.8 Å². The fourth-order valence-corrected chi connectivity index (χ4v) is 4.07. The number of carbonyl (C=O) groups is 2. The molecule has 0 fully saturated rings. The van der Waals surface area contributed by atoms with Crippen LogP contribution in [0.5, 0.6) is 5.75 Å². The number of hydrogen-bond donors (Lipinski definition) is 1. The van der Waals surface area contributed by atoms with Crippen molar-refractivity contribution in [3.63, 3.8) is 0 Å². The summed E-state index contributed by atoms with van der Waals surface area (Å²) in [4.78, 5) is 28.6. The van der Waals surface area contributed by atoms with E-state index >= 15 is 0 Å². The molecule has 3 rings (SSSR count). The molecule has 0 radical (unpaired) electrons. The normalized spacial score (nSPS) is 11.7. The number of benzene rings is 3. The zero-order chi connectivity index (χ0) is 26.1. The number of hydrogen-bond acceptors (Lipinski definition) is 3. The van der Waals surface area contributed by atoms with E-state index in [1.807, 2.05) is 81.4 Å². The lowest BCUT2D eigenvalue weighted by atomic mass is 10.0. The van der Waals surface area contributed by atoms with Crippen molar-refractivity contribution in [1.82, 2.24) is 10.2 Å². The molecule has 1 atom stereocenters. The number of nitrogens with zero attached hydrogens (tertiary/aromatic N) is 1. The van der Waals surface area contributed by atoms with Crippen LogP contribution in [-0.4, -0.2) is 35.9 Å². The fraction of sp³-hybridized carbons (Fsp3) is 0.310. The first-order chi connectivity index (χ1) is 17.2. The van der Waals surface area contributed by atoms with Crippen LogP contribution >= 0.6 is 23.2 Å². The molecule has 0 heterocycles. The highest BCUT2D eigenvalue weighted by Crippen LogP contribution is 2.24. The Morgan fingerprint density at radius 2 is 1.61 bits per heavy atom. The summed E-state index contributed by atoms with van der Waals surface area (Å²) in [5, 5.41) is 3.82. The highest BCUT2D eigenvalue weighted by molar-refractivity contribution is 6.42. The topological polar surface area (TPSA) is 58.6 Å². The number of amides is 2. The van der Waals surface area contributed by atoms with E-state index in [9.17, 15) is 9.59 Å². The van der Waals surface area contributed by atoms with Crippen LogP contribution in [0.2, 0.25) is 10.0 Å². The standard InChI is InChI=1S/C29H32Cl2N2O3/c1-20(2)17-32-29(35)26(16-22-10-5-4-6-11-22)33(18-23-13-14-24(30)25(31)15-23)28(34)19-36-27-12-8-7-9-21(27)3/h4-15,20,26H,16-19H2,1-3H3,(H,32,35). The van der Waals surface area contributed by atoms with Gasteiger partial charge < -0.3 is 15.0 Å². The Morgan fingerprint density at radius 3 is 2.28 bits per heavy atom. The van der Waals surface area contributed by atoms with Crippen LogP contribution in [0.3, 0.4) is 0 Å². The summed E-state index contributed by atoms with van der Waals surface area (Å²) in [6, 6.07) is 21.7. The summed E-state index contributed by atoms with van der Waals surface area (Å²) < 4.78 is 5.87. The minimum absolute atomic E-state index is 0.180. The molecular weight excluding hydrogens is 495 g/mol. The second-order valence-corrected chi connectivity index (χ2v) is 9.98. The smallest absolute Gasteiger partial charge is 0.261 e. The van der Waals surface area contributed by atoms with Crippen molar-refractivity contribution in [3.05, 3.63) is 99.5 Å². The lowest BCUT2D eigenvalue weighted by Crippen LogP contribution is -2.52. The van der Waals surface area contributed by atoms with E-state index in [0.29, 0.717) is 28.8 Å². The van der Waals surface area contributed by atoms with Crippen molar-refractivity contribution >= 4 is 35.0 Å². The van der Waals surface area contributed by atoms with Gasteiger partial charge in [-0.2, -0.15) is 0 Å². The predicted octanol–water partition coefficient (Wildman–Crippen LogP) is 6.09. The maximum atomic E-state index is 13.6. The first-order valence-corrected chi connectivity index (χ1v) is 12.7. The second kappa shape index (κ2) is 13.3. The molecule has 7 heteroatoms. The van der Waals surface area contributed by atoms with E-state index in [1.54, 1.807) is 17.0 Å². The number of para-hydroxylation sites is 1. The molecule has 1 N–H and O–H groups in total. The van der Waals surface area contributed by atoms with Gasteiger partial charge >= 0.3 is 0 Å². The Hall–Kier alpha value is -3.02. The Labute approximate surface area is 223 Å². The summed E-state index contributed by atoms with van der Waals surface area (Å²) in [5.41, 5.74) is 2.65. The molecule has 5 nitrogen and oxygen atoms in total. The Balaban J connectivity index is 1.93. The third kappa shape index (κ3) is 8.00. The van der Waals surface area contributed by atoms with Gasteiger partial charge in [-0.3, -0.25) is 9.59 Å². The molecule has 0 bridgehead atoms. The van der Waals surface area contributed by atoms with Gasteiger partial charge in [0, 0.05) is 19.5 Å². The average Bonchev–Trinajstić information content (AvgIpc) is 2.86. The first kappa shape index (κ1) is 27.6. The van der Waals surface area contributed by atoms with Gasteiger partial charge in [0.25, 0.3) is 5.91 Å². The van der Waals surface area contributed by atoms with E-state index in [1.165, 1.54) is 0 Å². The van der Waals surface area contributed by atoms with Gasteiger partial charge in [-0.05, 0) is 47.7 Å². The number of rotatable bonds is 11. The van der Waals surface area contributed by atoms with E-state index in [4.69, 9.17) is 27.9 Å². The fourth-order valence-electron chi connectivity index (χ4n) is 3.75. The third-order valence-corrected chi connectivity index (χ3v) is 6.48. The quantitative estimate of drug-likeness (QED) is 0.328. The van der Waals surface area contributed by atoms with Gasteiger partial charge in [-0.15, -0.1) is 0 Å². The second-order valence-electron chi connectivity index (χ2n) is 9.17. The Kier molecular flexibility index (Phi) is 10.2. The zero-order valence-electron chi connectivity index (χ0n) is 20.8. The highest BCUT2D eigenvalue weighted by atomic mass is 35.5. The summed E-state index contributed by atoms with van der Waals surface area (Å²) in [7, 11) is 0. The van der Waals surface area contributed by atoms with E-state index in [2.05, 4.69) is 5.32 Å². The number of aryl methyl sites for hydroxylation is 1. The Morgan fingerprint density at radius 1 is 0.917 bits per heavy atom. The lowest BCUT2D eigenvalue weighted by molar-refractivity contribution is -0.142. The molecule has 190 valence electrons. The zero-order valence-corrected chi connectivity index (χ0v) is 22.4. The van der Waals surface area contributed by atoms with Crippen LogP contribution in [0.15, 0.2) is 72.8 Å². The summed E-state index contributed by atoms with van der Waals surface area (Å²) in [6.07, 6.45) is 0.363. The summed E-state index contributed by atoms with van der Waals surface area (Å²) in [5.74, 6) is 0.390. The number of nitrogens with one attached hydrogen (secondary N) is 1. The summed E-state index contributed by atoms with van der Waals surface area (Å²) in [6.45, 7) is 6.47. The minimum Gasteiger partial charge on any atom is -0.484 e. The molecule has 0 aliphatic heterocycles. The van der Waals surface area contributed by atoms with Crippen LogP contribution in [0.25, 0.3) is 0 Å². The van der Waals surface area contributed by atoms with Crippen molar-refractivity contribution in [2.75, 3.05) is 13.2 Å². The minimum atomic E-state index is -0.742. The van der Waals surface area contributed by atoms with Crippen molar-refractivity contribution in [1.29, 1.82) is 0 Å². The van der Waals surface area contributed by atoms with E-state index < -0.39 is 6.04 Å². The molecular formula is C29H32Cl2N2O3. The lowest BCUT2D eigenvalue weighted by Gasteiger charge is -2.32. The molecule has 2 amide bonds. The van der Waals surface area contributed by atoms with Gasteiger partial charge in [0.05, 0.1) is 10.0 Å². The van der Waals surface area contributed by atoms with Gasteiger partial charge in [-0.25, -0.2) is 0 Å². The maximum absolute atomic E-state index is 13.6. The van der Waals surface area contributed by atoms with Crippen LogP contribution in [0, 0.1) is 12.8 Å². The van der Waals surface area contributed by atoms with Crippen molar-refractivity contribution in [2.45, 2.75) is 39.8 Å². The van der Waals surface area contributed by atoms with Gasteiger partial charge in [-0.1, -0.05) is 91.6 Å². The molecule has 36 heavy (non-hydrogen) atoms. The van der Waals surface area contributed by atoms with Crippen LogP contribution < -0.4 is 10.1 Å². The molecule has 3 aromatic carbocycles. The first-order valence-electron chi connectivity index (χ1n) is 12.0. The third-order valence-electron chi connectivity index (χ3n) is 5.74. The molecule has 0 saturated carbocycles. The highest BCUT2D eigenvalue weighted by Gasteiger charge is 2.31. The SMILES string of the molecule is Cc1ccccc1OCC(=O)N(Cc1ccc(Cl)c(Cl)c1)C(Cc1ccccc1)C(=O)NCC(C)C. The van der Waals surface area contributed by atoms with Crippen molar-refractivity contribution < 1.29 is 14.3 Å². The molecule has 0 spiro atoms. The molecule has 0 aliphatic carbocycles. The van der Waals surface area contributed by atoms with Gasteiger partial charge in [0.15, 0.2) is 6.61 Å². The number of halogens is 2. The molecule has 0 aromatic heterocycles. The van der Waals surface area contributed by atoms with E-state index in [-0.39, 0.29) is 30.9 Å². The monoisotopic (exact) mass is 526 g/mol. The number of carbonyl (C=O) groups excluding carboxylic acids is 2. The van der Waals surface area contributed by atoms with Crippen LogP contribution in [0.4, 0.5) is 0 Å². The molecule has 0 aliphatic rings. The molecule has 3 aromatic rings. The van der Waals surface area contributed by atoms with Gasteiger partial charge in [0.2, 0.25) is 5.91 Å². The number of ether oxygens (including phenoxy) is 1. The molecule has 0 saturated heterocycles.